The molecule has 3 rings (SSSR count). The van der Waals surface area contributed by atoms with Crippen molar-refractivity contribution in [1.82, 2.24) is 4.98 Å². The highest BCUT2D eigenvalue weighted by Gasteiger charge is 2.31. The van der Waals surface area contributed by atoms with Crippen LogP contribution in [0.1, 0.15) is 32.1 Å². The average molecular weight is 285 g/mol. The minimum absolute atomic E-state index is 0.0294. The van der Waals surface area contributed by atoms with E-state index in [1.54, 1.807) is 6.20 Å². The Hall–Kier alpha value is -1.81. The lowest BCUT2D eigenvalue weighted by Crippen LogP contribution is -2.35. The van der Waals surface area contributed by atoms with Crippen molar-refractivity contribution in [1.29, 1.82) is 0 Å². The van der Waals surface area contributed by atoms with Gasteiger partial charge in [0.05, 0.1) is 12.1 Å². The lowest BCUT2D eigenvalue weighted by Gasteiger charge is -2.36. The van der Waals surface area contributed by atoms with Crippen molar-refractivity contribution in [2.75, 3.05) is 24.2 Å². The fourth-order valence-corrected chi connectivity index (χ4v) is 3.29. The highest BCUT2D eigenvalue weighted by atomic mass is 16.3. The third kappa shape index (κ3) is 2.95. The second-order valence-corrected chi connectivity index (χ2v) is 6.21. The third-order valence-electron chi connectivity index (χ3n) is 4.67. The van der Waals surface area contributed by atoms with E-state index in [1.165, 1.54) is 19.3 Å². The SMILES string of the molecule is Nc1ccc2c(NCC3(CO)CCCCC3)ccnc2c1. The Bertz CT molecular complexity index is 620. The Morgan fingerprint density at radius 2 is 2.00 bits per heavy atom. The summed E-state index contributed by atoms with van der Waals surface area (Å²) in [7, 11) is 0. The first-order valence-electron chi connectivity index (χ1n) is 7.71. The number of fused-ring (bicyclic) bond motifs is 1. The summed E-state index contributed by atoms with van der Waals surface area (Å²) in [5.74, 6) is 0. The molecular weight excluding hydrogens is 262 g/mol. The first-order valence-corrected chi connectivity index (χ1v) is 7.71. The molecule has 1 heterocycles. The topological polar surface area (TPSA) is 71.2 Å². The number of nitrogen functional groups attached to an aromatic ring is 1. The summed E-state index contributed by atoms with van der Waals surface area (Å²) >= 11 is 0. The monoisotopic (exact) mass is 285 g/mol. The smallest absolute Gasteiger partial charge is 0.0743 e. The lowest BCUT2D eigenvalue weighted by atomic mass is 9.74. The van der Waals surface area contributed by atoms with Gasteiger partial charge in [-0.05, 0) is 37.1 Å². The van der Waals surface area contributed by atoms with Crippen molar-refractivity contribution in [2.24, 2.45) is 5.41 Å². The van der Waals surface area contributed by atoms with Crippen LogP contribution in [0.3, 0.4) is 0 Å². The van der Waals surface area contributed by atoms with E-state index >= 15 is 0 Å². The summed E-state index contributed by atoms with van der Waals surface area (Å²) in [5, 5.41) is 14.4. The van der Waals surface area contributed by atoms with Crippen LogP contribution < -0.4 is 11.1 Å². The van der Waals surface area contributed by atoms with Crippen LogP contribution in [0, 0.1) is 5.41 Å². The Kier molecular flexibility index (Phi) is 3.97. The molecule has 0 spiro atoms. The van der Waals surface area contributed by atoms with Crippen molar-refractivity contribution < 1.29 is 5.11 Å². The first kappa shape index (κ1) is 14.1. The molecule has 1 aliphatic rings. The van der Waals surface area contributed by atoms with Gasteiger partial charge in [0.15, 0.2) is 0 Å². The number of nitrogens with one attached hydrogen (secondary N) is 1. The highest BCUT2D eigenvalue weighted by Crippen LogP contribution is 2.36. The first-order chi connectivity index (χ1) is 10.2. The maximum atomic E-state index is 9.80. The molecule has 2 aromatic rings. The van der Waals surface area contributed by atoms with Gasteiger partial charge in [-0.1, -0.05) is 19.3 Å². The fourth-order valence-electron chi connectivity index (χ4n) is 3.29. The zero-order valence-electron chi connectivity index (χ0n) is 12.3. The van der Waals surface area contributed by atoms with E-state index in [-0.39, 0.29) is 12.0 Å². The second kappa shape index (κ2) is 5.90. The van der Waals surface area contributed by atoms with Gasteiger partial charge < -0.3 is 16.2 Å². The predicted molar refractivity (Wildman–Crippen MR) is 87.2 cm³/mol. The Balaban J connectivity index is 1.81. The van der Waals surface area contributed by atoms with Crippen molar-refractivity contribution in [2.45, 2.75) is 32.1 Å². The number of hydrogen-bond donors (Lipinski definition) is 3. The average Bonchev–Trinajstić information content (AvgIpc) is 2.53. The van der Waals surface area contributed by atoms with Gasteiger partial charge in [-0.3, -0.25) is 4.98 Å². The Morgan fingerprint density at radius 3 is 2.76 bits per heavy atom. The quantitative estimate of drug-likeness (QED) is 0.755. The molecule has 4 nitrogen and oxygen atoms in total. The number of nitrogens with two attached hydrogens (primary N) is 1. The number of rotatable bonds is 4. The van der Waals surface area contributed by atoms with Crippen LogP contribution in [0.5, 0.6) is 0 Å². The number of benzene rings is 1. The summed E-state index contributed by atoms with van der Waals surface area (Å²) in [4.78, 5) is 4.37. The van der Waals surface area contributed by atoms with Gasteiger partial charge in [0.1, 0.15) is 0 Å². The van der Waals surface area contributed by atoms with Gasteiger partial charge in [-0.15, -0.1) is 0 Å². The van der Waals surface area contributed by atoms with Crippen LogP contribution in [-0.2, 0) is 0 Å². The minimum atomic E-state index is 0.0294. The molecule has 0 radical (unpaired) electrons. The number of anilines is 2. The summed E-state index contributed by atoms with van der Waals surface area (Å²) in [5.41, 5.74) is 8.54. The van der Waals surface area contributed by atoms with Gasteiger partial charge >= 0.3 is 0 Å². The Labute approximate surface area is 125 Å². The van der Waals surface area contributed by atoms with Crippen molar-refractivity contribution >= 4 is 22.3 Å². The van der Waals surface area contributed by atoms with Crippen molar-refractivity contribution in [3.63, 3.8) is 0 Å². The van der Waals surface area contributed by atoms with Crippen molar-refractivity contribution in [3.05, 3.63) is 30.5 Å². The van der Waals surface area contributed by atoms with Crippen LogP contribution in [-0.4, -0.2) is 23.2 Å². The van der Waals surface area contributed by atoms with Crippen LogP contribution in [0.15, 0.2) is 30.5 Å². The van der Waals surface area contributed by atoms with E-state index in [1.807, 2.05) is 24.3 Å². The number of aliphatic hydroxyl groups excluding tert-OH is 1. The van der Waals surface area contributed by atoms with E-state index in [0.29, 0.717) is 0 Å². The molecule has 0 bridgehead atoms. The fraction of sp³-hybridized carbons (Fsp3) is 0.471. The van der Waals surface area contributed by atoms with E-state index in [9.17, 15) is 5.11 Å². The number of aromatic nitrogens is 1. The largest absolute Gasteiger partial charge is 0.399 e. The molecule has 1 aromatic heterocycles. The molecule has 112 valence electrons. The molecule has 4 N–H and O–H groups in total. The van der Waals surface area contributed by atoms with E-state index < -0.39 is 0 Å². The molecule has 1 saturated carbocycles. The predicted octanol–water partition coefficient (Wildman–Crippen LogP) is 3.17. The summed E-state index contributed by atoms with van der Waals surface area (Å²) < 4.78 is 0. The Morgan fingerprint density at radius 1 is 1.19 bits per heavy atom. The second-order valence-electron chi connectivity index (χ2n) is 6.21. The maximum Gasteiger partial charge on any atom is 0.0743 e. The molecule has 0 atom stereocenters. The number of hydrogen-bond acceptors (Lipinski definition) is 4. The molecule has 0 saturated heterocycles. The minimum Gasteiger partial charge on any atom is -0.399 e. The number of nitrogens with zero attached hydrogens (tertiary/aromatic N) is 1. The molecule has 1 aromatic carbocycles. The van der Waals surface area contributed by atoms with Gasteiger partial charge in [0.2, 0.25) is 0 Å². The molecule has 0 unspecified atom stereocenters. The molecule has 0 amide bonds. The number of pyridine rings is 1. The summed E-state index contributed by atoms with van der Waals surface area (Å²) in [6.45, 7) is 1.07. The third-order valence-corrected chi connectivity index (χ3v) is 4.67. The summed E-state index contributed by atoms with van der Waals surface area (Å²) in [6, 6.07) is 7.79. The van der Waals surface area contributed by atoms with Gasteiger partial charge in [0.25, 0.3) is 0 Å². The molecule has 0 aliphatic heterocycles. The molecule has 4 heteroatoms. The van der Waals surface area contributed by atoms with Crippen molar-refractivity contribution in [3.8, 4) is 0 Å². The highest BCUT2D eigenvalue weighted by molar-refractivity contribution is 5.92. The van der Waals surface area contributed by atoms with Crippen LogP contribution >= 0.6 is 0 Å². The molecule has 1 fully saturated rings. The van der Waals surface area contributed by atoms with E-state index in [0.717, 1.165) is 41.7 Å². The lowest BCUT2D eigenvalue weighted by molar-refractivity contribution is 0.0944. The zero-order chi connectivity index (χ0) is 14.7. The normalized spacial score (nSPS) is 17.8. The van der Waals surface area contributed by atoms with E-state index in [4.69, 9.17) is 5.73 Å². The van der Waals surface area contributed by atoms with Crippen LogP contribution in [0.4, 0.5) is 11.4 Å². The molecule has 21 heavy (non-hydrogen) atoms. The maximum absolute atomic E-state index is 9.80. The van der Waals surface area contributed by atoms with Crippen LogP contribution in [0.2, 0.25) is 0 Å². The van der Waals surface area contributed by atoms with Crippen LogP contribution in [0.25, 0.3) is 10.9 Å². The van der Waals surface area contributed by atoms with Gasteiger partial charge in [-0.25, -0.2) is 0 Å². The standard InChI is InChI=1S/C17H23N3O/c18-13-4-5-14-15(6-9-19-16(14)10-13)20-11-17(12-21)7-2-1-3-8-17/h4-6,9-10,21H,1-3,7-8,11-12,18H2,(H,19,20). The molecule has 1 aliphatic carbocycles. The van der Waals surface area contributed by atoms with E-state index in [2.05, 4.69) is 10.3 Å². The molecular formula is C17H23N3O. The summed E-state index contributed by atoms with van der Waals surface area (Å²) in [6.07, 6.45) is 7.74. The number of aliphatic hydroxyl groups is 1. The van der Waals surface area contributed by atoms with Gasteiger partial charge in [-0.2, -0.15) is 0 Å². The zero-order valence-corrected chi connectivity index (χ0v) is 12.3. The van der Waals surface area contributed by atoms with Gasteiger partial charge in [0, 0.05) is 34.9 Å².